The van der Waals surface area contributed by atoms with Gasteiger partial charge in [-0.25, -0.2) is 0 Å². The topological polar surface area (TPSA) is 67.4 Å². The van der Waals surface area contributed by atoms with Crippen molar-refractivity contribution in [2.75, 3.05) is 11.9 Å². The Hall–Kier alpha value is -3.03. The van der Waals surface area contributed by atoms with Gasteiger partial charge in [0.25, 0.3) is 11.8 Å². The number of nitrogens with one attached hydrogen (secondary N) is 2. The van der Waals surface area contributed by atoms with Crippen LogP contribution in [0, 0.1) is 0 Å². The van der Waals surface area contributed by atoms with Crippen LogP contribution in [0.4, 0.5) is 18.9 Å². The number of para-hydroxylation sites is 1. The van der Waals surface area contributed by atoms with E-state index >= 15 is 0 Å². The molecular formula is C19H19F3N2O3. The van der Waals surface area contributed by atoms with E-state index in [9.17, 15) is 22.8 Å². The SMILES string of the molecule is CC(C)NC(=O)c1ccccc1NC(=O)COc1cccc(C(F)(F)F)c1. The summed E-state index contributed by atoms with van der Waals surface area (Å²) in [6.07, 6.45) is -4.50. The Labute approximate surface area is 154 Å². The minimum absolute atomic E-state index is 0.0780. The smallest absolute Gasteiger partial charge is 0.416 e. The first-order chi connectivity index (χ1) is 12.7. The Morgan fingerprint density at radius 1 is 1.07 bits per heavy atom. The van der Waals surface area contributed by atoms with Crippen molar-refractivity contribution in [2.45, 2.75) is 26.1 Å². The van der Waals surface area contributed by atoms with Crippen LogP contribution < -0.4 is 15.4 Å². The Morgan fingerprint density at radius 2 is 1.78 bits per heavy atom. The number of carbonyl (C=O) groups is 2. The van der Waals surface area contributed by atoms with E-state index in [1.165, 1.54) is 12.1 Å². The molecule has 27 heavy (non-hydrogen) atoms. The summed E-state index contributed by atoms with van der Waals surface area (Å²) in [6.45, 7) is 3.12. The second-order valence-corrected chi connectivity index (χ2v) is 6.04. The first-order valence-corrected chi connectivity index (χ1v) is 8.16. The molecule has 0 aromatic heterocycles. The normalized spacial score (nSPS) is 11.2. The van der Waals surface area contributed by atoms with Crippen molar-refractivity contribution >= 4 is 17.5 Å². The van der Waals surface area contributed by atoms with E-state index in [1.807, 2.05) is 13.8 Å². The summed E-state index contributed by atoms with van der Waals surface area (Å²) in [5.74, 6) is -1.03. The first-order valence-electron chi connectivity index (χ1n) is 8.16. The molecule has 0 spiro atoms. The number of anilines is 1. The third-order valence-electron chi connectivity index (χ3n) is 3.40. The molecule has 0 bridgehead atoms. The third kappa shape index (κ3) is 6.02. The molecule has 2 aromatic carbocycles. The monoisotopic (exact) mass is 380 g/mol. The molecular weight excluding hydrogens is 361 g/mol. The maximum Gasteiger partial charge on any atom is 0.416 e. The van der Waals surface area contributed by atoms with Crippen LogP contribution in [0.2, 0.25) is 0 Å². The summed E-state index contributed by atoms with van der Waals surface area (Å²) in [5, 5.41) is 5.26. The van der Waals surface area contributed by atoms with Crippen LogP contribution >= 0.6 is 0 Å². The molecule has 0 saturated carbocycles. The Bertz CT molecular complexity index is 820. The van der Waals surface area contributed by atoms with Gasteiger partial charge in [0.15, 0.2) is 6.61 Å². The molecule has 0 aliphatic carbocycles. The van der Waals surface area contributed by atoms with Crippen LogP contribution in [0.1, 0.15) is 29.8 Å². The zero-order valence-corrected chi connectivity index (χ0v) is 14.8. The summed E-state index contributed by atoms with van der Waals surface area (Å²) < 4.78 is 43.2. The summed E-state index contributed by atoms with van der Waals surface area (Å²) in [6, 6.07) is 10.6. The van der Waals surface area contributed by atoms with E-state index in [2.05, 4.69) is 10.6 Å². The number of alkyl halides is 3. The zero-order valence-electron chi connectivity index (χ0n) is 14.8. The zero-order chi connectivity index (χ0) is 20.0. The van der Waals surface area contributed by atoms with Crippen molar-refractivity contribution in [3.8, 4) is 5.75 Å². The summed E-state index contributed by atoms with van der Waals surface area (Å²) in [7, 11) is 0. The van der Waals surface area contributed by atoms with Gasteiger partial charge in [0.1, 0.15) is 5.75 Å². The molecule has 0 radical (unpaired) electrons. The molecule has 0 atom stereocenters. The van der Waals surface area contributed by atoms with Crippen LogP contribution in [0.25, 0.3) is 0 Å². The Kier molecular flexibility index (Phi) is 6.44. The highest BCUT2D eigenvalue weighted by atomic mass is 19.4. The van der Waals surface area contributed by atoms with Gasteiger partial charge in [0.05, 0.1) is 16.8 Å². The Balaban J connectivity index is 2.02. The summed E-state index contributed by atoms with van der Waals surface area (Å²) in [4.78, 5) is 24.2. The Morgan fingerprint density at radius 3 is 2.44 bits per heavy atom. The molecule has 2 aromatic rings. The number of benzene rings is 2. The highest BCUT2D eigenvalue weighted by molar-refractivity contribution is 6.04. The van der Waals surface area contributed by atoms with Crippen molar-refractivity contribution in [1.82, 2.24) is 5.32 Å². The van der Waals surface area contributed by atoms with Gasteiger partial charge in [-0.05, 0) is 44.2 Å². The van der Waals surface area contributed by atoms with Gasteiger partial charge in [0.2, 0.25) is 0 Å². The first kappa shape index (κ1) is 20.3. The average Bonchev–Trinajstić information content (AvgIpc) is 2.59. The lowest BCUT2D eigenvalue weighted by atomic mass is 10.1. The predicted molar refractivity (Wildman–Crippen MR) is 94.6 cm³/mol. The molecule has 5 nitrogen and oxygen atoms in total. The summed E-state index contributed by atoms with van der Waals surface area (Å²) >= 11 is 0. The quantitative estimate of drug-likeness (QED) is 0.800. The molecule has 8 heteroatoms. The molecule has 0 aliphatic rings. The van der Waals surface area contributed by atoms with E-state index in [1.54, 1.807) is 24.3 Å². The standard InChI is InChI=1S/C19H19F3N2O3/c1-12(2)23-18(26)15-8-3-4-9-16(15)24-17(25)11-27-14-7-5-6-13(10-14)19(20,21)22/h3-10,12H,11H2,1-2H3,(H,23,26)(H,24,25). The number of rotatable bonds is 6. The fourth-order valence-electron chi connectivity index (χ4n) is 2.23. The molecule has 0 aliphatic heterocycles. The van der Waals surface area contributed by atoms with E-state index in [4.69, 9.17) is 4.74 Å². The maximum absolute atomic E-state index is 12.7. The van der Waals surface area contributed by atoms with Gasteiger partial charge in [-0.1, -0.05) is 18.2 Å². The number of hydrogen-bond acceptors (Lipinski definition) is 3. The van der Waals surface area contributed by atoms with E-state index < -0.39 is 24.3 Å². The highest BCUT2D eigenvalue weighted by Gasteiger charge is 2.30. The fraction of sp³-hybridized carbons (Fsp3) is 0.263. The lowest BCUT2D eigenvalue weighted by Crippen LogP contribution is -2.31. The minimum Gasteiger partial charge on any atom is -0.484 e. The molecule has 0 heterocycles. The molecule has 0 unspecified atom stereocenters. The van der Waals surface area contributed by atoms with Gasteiger partial charge >= 0.3 is 6.18 Å². The van der Waals surface area contributed by atoms with Crippen LogP contribution in [-0.4, -0.2) is 24.5 Å². The van der Waals surface area contributed by atoms with Crippen molar-refractivity contribution in [1.29, 1.82) is 0 Å². The predicted octanol–water partition coefficient (Wildman–Crippen LogP) is 3.86. The lowest BCUT2D eigenvalue weighted by molar-refractivity contribution is -0.137. The van der Waals surface area contributed by atoms with Crippen molar-refractivity contribution in [3.05, 3.63) is 59.7 Å². The highest BCUT2D eigenvalue weighted by Crippen LogP contribution is 2.31. The van der Waals surface area contributed by atoms with Crippen LogP contribution in [-0.2, 0) is 11.0 Å². The lowest BCUT2D eigenvalue weighted by Gasteiger charge is -2.14. The van der Waals surface area contributed by atoms with E-state index in [-0.39, 0.29) is 28.9 Å². The van der Waals surface area contributed by atoms with E-state index in [0.717, 1.165) is 12.1 Å². The van der Waals surface area contributed by atoms with E-state index in [0.29, 0.717) is 0 Å². The number of ether oxygens (including phenoxy) is 1. The number of amides is 2. The number of halogens is 3. The maximum atomic E-state index is 12.7. The second-order valence-electron chi connectivity index (χ2n) is 6.04. The van der Waals surface area contributed by atoms with Gasteiger partial charge in [-0.2, -0.15) is 13.2 Å². The molecule has 0 fully saturated rings. The number of carbonyl (C=O) groups excluding carboxylic acids is 2. The van der Waals surface area contributed by atoms with Crippen molar-refractivity contribution < 1.29 is 27.5 Å². The van der Waals surface area contributed by atoms with Crippen LogP contribution in [0.15, 0.2) is 48.5 Å². The fourth-order valence-corrected chi connectivity index (χ4v) is 2.23. The van der Waals surface area contributed by atoms with Crippen molar-refractivity contribution in [3.63, 3.8) is 0 Å². The molecule has 2 N–H and O–H groups in total. The van der Waals surface area contributed by atoms with Crippen molar-refractivity contribution in [2.24, 2.45) is 0 Å². The second kappa shape index (κ2) is 8.57. The third-order valence-corrected chi connectivity index (χ3v) is 3.40. The van der Waals surface area contributed by atoms with Crippen LogP contribution in [0.5, 0.6) is 5.75 Å². The number of hydrogen-bond donors (Lipinski definition) is 2. The largest absolute Gasteiger partial charge is 0.484 e. The summed E-state index contributed by atoms with van der Waals surface area (Å²) in [5.41, 5.74) is -0.303. The molecule has 2 rings (SSSR count). The minimum atomic E-state index is -4.50. The van der Waals surface area contributed by atoms with Gasteiger partial charge in [-0.15, -0.1) is 0 Å². The van der Waals surface area contributed by atoms with Gasteiger partial charge in [-0.3, -0.25) is 9.59 Å². The molecule has 144 valence electrons. The van der Waals surface area contributed by atoms with Gasteiger partial charge in [0, 0.05) is 6.04 Å². The average molecular weight is 380 g/mol. The van der Waals surface area contributed by atoms with Crippen LogP contribution in [0.3, 0.4) is 0 Å². The van der Waals surface area contributed by atoms with Gasteiger partial charge < -0.3 is 15.4 Å². The molecule has 2 amide bonds. The molecule has 0 saturated heterocycles.